The van der Waals surface area contributed by atoms with Crippen LogP contribution in [0.15, 0.2) is 237 Å². The van der Waals surface area contributed by atoms with Crippen LogP contribution in [0.5, 0.6) is 0 Å². The van der Waals surface area contributed by atoms with E-state index in [1.807, 2.05) is 0 Å². The molecule has 0 fully saturated rings. The van der Waals surface area contributed by atoms with Crippen LogP contribution >= 0.6 is 0 Å². The minimum absolute atomic E-state index is 0.0817. The first-order chi connectivity index (χ1) is 34.6. The molecule has 0 aliphatic heterocycles. The Morgan fingerprint density at radius 3 is 1.51 bits per heavy atom. The lowest BCUT2D eigenvalue weighted by molar-refractivity contribution is 0.490. The van der Waals surface area contributed by atoms with Crippen molar-refractivity contribution in [1.82, 2.24) is 0 Å². The Labute approximate surface area is 410 Å². The molecule has 1 nitrogen and oxygen atoms in total. The van der Waals surface area contributed by atoms with E-state index in [1.54, 1.807) is 0 Å². The van der Waals surface area contributed by atoms with E-state index in [0.717, 1.165) is 24.2 Å². The molecule has 0 aromatic heterocycles. The Morgan fingerprint density at radius 1 is 0.329 bits per heavy atom. The molecule has 0 N–H and O–H groups in total. The second kappa shape index (κ2) is 16.9. The van der Waals surface area contributed by atoms with Gasteiger partial charge in [0.2, 0.25) is 0 Å². The third-order valence-electron chi connectivity index (χ3n) is 15.5. The molecule has 12 aromatic carbocycles. The summed E-state index contributed by atoms with van der Waals surface area (Å²) in [6.07, 6.45) is 6.61. The van der Waals surface area contributed by atoms with E-state index in [2.05, 4.69) is 267 Å². The number of anilines is 3. The van der Waals surface area contributed by atoms with Crippen molar-refractivity contribution in [3.63, 3.8) is 0 Å². The van der Waals surface area contributed by atoms with Crippen LogP contribution in [0.4, 0.5) is 17.1 Å². The second-order valence-corrected chi connectivity index (χ2v) is 19.0. The first-order valence-electron chi connectivity index (χ1n) is 24.9. The fourth-order valence-electron chi connectivity index (χ4n) is 12.0. The van der Waals surface area contributed by atoms with Crippen molar-refractivity contribution in [2.24, 2.45) is 0 Å². The highest BCUT2D eigenvalue weighted by atomic mass is 15.1. The molecule has 0 saturated heterocycles. The largest absolute Gasteiger partial charge is 0.310 e. The fraction of sp³-hybridized carbons (Fsp3) is 0.0725. The van der Waals surface area contributed by atoms with Crippen molar-refractivity contribution < 1.29 is 0 Å². The molecule has 0 spiro atoms. The van der Waals surface area contributed by atoms with Crippen LogP contribution < -0.4 is 4.90 Å². The molecular weight excluding hydrogens is 843 g/mol. The van der Waals surface area contributed by atoms with E-state index >= 15 is 0 Å². The van der Waals surface area contributed by atoms with Crippen molar-refractivity contribution in [1.29, 1.82) is 0 Å². The number of rotatable bonds is 10. The zero-order valence-electron chi connectivity index (χ0n) is 39.5. The van der Waals surface area contributed by atoms with Gasteiger partial charge in [-0.2, -0.15) is 0 Å². The highest BCUT2D eigenvalue weighted by Crippen LogP contribution is 2.55. The van der Waals surface area contributed by atoms with Crippen molar-refractivity contribution in [2.45, 2.75) is 32.1 Å². The van der Waals surface area contributed by atoms with Gasteiger partial charge in [0.15, 0.2) is 0 Å². The summed E-state index contributed by atoms with van der Waals surface area (Å²) >= 11 is 0. The molecule has 13 rings (SSSR count). The predicted molar refractivity (Wildman–Crippen MR) is 301 cm³/mol. The van der Waals surface area contributed by atoms with Gasteiger partial charge in [0.25, 0.3) is 0 Å². The molecule has 0 unspecified atom stereocenters. The highest BCUT2D eigenvalue weighted by Gasteiger charge is 2.41. The molecule has 0 bridgehead atoms. The minimum Gasteiger partial charge on any atom is -0.310 e. The van der Waals surface area contributed by atoms with Gasteiger partial charge in [0, 0.05) is 22.5 Å². The van der Waals surface area contributed by atoms with E-state index in [1.165, 1.54) is 116 Å². The number of nitrogens with zero attached hydrogens (tertiary/aromatic N) is 1. The van der Waals surface area contributed by atoms with E-state index in [-0.39, 0.29) is 5.41 Å². The molecule has 70 heavy (non-hydrogen) atoms. The van der Waals surface area contributed by atoms with Crippen molar-refractivity contribution >= 4 is 72.3 Å². The first kappa shape index (κ1) is 41.7. The van der Waals surface area contributed by atoms with Gasteiger partial charge in [-0.05, 0) is 165 Å². The van der Waals surface area contributed by atoms with E-state index < -0.39 is 0 Å². The number of hydrogen-bond donors (Lipinski definition) is 0. The summed E-state index contributed by atoms with van der Waals surface area (Å²) in [7, 11) is 0. The average molecular weight is 894 g/mol. The summed E-state index contributed by atoms with van der Waals surface area (Å²) in [5, 5.41) is 10.5. The standard InChI is InChI=1S/C69H51N/c1-3-69(4-2)65-43-47(33-38-57(65)58-40-37-54(45-66(58)69)70(52-21-10-6-11-22-52)53-23-12-7-13-24-53)30-29-46-31-34-49(35-32-46)55-39-36-51(48-17-8-5-9-18-48)44-64(55)56-41-42-63-61-26-15-20-50-19-14-25-60(67(50)61)62-28-16-27-59(56)68(62)63/h5-45H,3-4H2,1-2H3/b30-29+. The maximum absolute atomic E-state index is 2.46. The molecule has 0 heterocycles. The maximum atomic E-state index is 2.46. The van der Waals surface area contributed by atoms with Crippen LogP contribution in [0.2, 0.25) is 0 Å². The van der Waals surface area contributed by atoms with Crippen LogP contribution in [0, 0.1) is 0 Å². The molecule has 12 aromatic rings. The first-order valence-corrected chi connectivity index (χ1v) is 24.9. The Morgan fingerprint density at radius 2 is 0.843 bits per heavy atom. The normalized spacial score (nSPS) is 12.9. The summed E-state index contributed by atoms with van der Waals surface area (Å²) in [6, 6.07) is 87.7. The van der Waals surface area contributed by atoms with Crippen LogP contribution in [0.3, 0.4) is 0 Å². The van der Waals surface area contributed by atoms with E-state index in [4.69, 9.17) is 0 Å². The van der Waals surface area contributed by atoms with Gasteiger partial charge in [-0.1, -0.05) is 220 Å². The Hall–Kier alpha value is -8.52. The summed E-state index contributed by atoms with van der Waals surface area (Å²) in [5.41, 5.74) is 18.7. The summed E-state index contributed by atoms with van der Waals surface area (Å²) in [6.45, 7) is 4.72. The average Bonchev–Trinajstić information content (AvgIpc) is 3.71. The number of hydrogen-bond acceptors (Lipinski definition) is 1. The summed E-state index contributed by atoms with van der Waals surface area (Å²) < 4.78 is 0. The minimum atomic E-state index is -0.0817. The van der Waals surface area contributed by atoms with Gasteiger partial charge in [0.05, 0.1) is 0 Å². The monoisotopic (exact) mass is 893 g/mol. The highest BCUT2D eigenvalue weighted by molar-refractivity contribution is 6.34. The van der Waals surface area contributed by atoms with Gasteiger partial charge >= 0.3 is 0 Å². The molecule has 0 atom stereocenters. The van der Waals surface area contributed by atoms with Gasteiger partial charge in [-0.15, -0.1) is 0 Å². The molecular formula is C69H51N. The number of fused-ring (bicyclic) bond motifs is 5. The lowest BCUT2D eigenvalue weighted by atomic mass is 9.73. The van der Waals surface area contributed by atoms with Gasteiger partial charge in [0.1, 0.15) is 0 Å². The molecule has 0 saturated carbocycles. The van der Waals surface area contributed by atoms with Crippen LogP contribution in [0.25, 0.3) is 99.7 Å². The van der Waals surface area contributed by atoms with Crippen molar-refractivity contribution in [3.8, 4) is 44.5 Å². The molecule has 1 heteroatoms. The Bertz CT molecular complexity index is 3850. The quantitative estimate of drug-likeness (QED) is 0.0751. The number of para-hydroxylation sites is 2. The second-order valence-electron chi connectivity index (χ2n) is 19.0. The third kappa shape index (κ3) is 6.68. The third-order valence-corrected chi connectivity index (χ3v) is 15.5. The molecule has 0 radical (unpaired) electrons. The molecule has 1 aliphatic carbocycles. The Balaban J connectivity index is 0.856. The van der Waals surface area contributed by atoms with Gasteiger partial charge in [-0.25, -0.2) is 0 Å². The van der Waals surface area contributed by atoms with Crippen molar-refractivity contribution in [3.05, 3.63) is 259 Å². The van der Waals surface area contributed by atoms with E-state index in [9.17, 15) is 0 Å². The molecule has 332 valence electrons. The summed E-state index contributed by atoms with van der Waals surface area (Å²) in [5.74, 6) is 0. The van der Waals surface area contributed by atoms with Crippen LogP contribution in [0.1, 0.15) is 48.9 Å². The van der Waals surface area contributed by atoms with Crippen molar-refractivity contribution in [2.75, 3.05) is 4.90 Å². The fourth-order valence-corrected chi connectivity index (χ4v) is 12.0. The van der Waals surface area contributed by atoms with Crippen LogP contribution in [-0.2, 0) is 5.41 Å². The topological polar surface area (TPSA) is 3.24 Å². The number of benzene rings is 12. The summed E-state index contributed by atoms with van der Waals surface area (Å²) in [4.78, 5) is 2.38. The zero-order chi connectivity index (χ0) is 46.8. The SMILES string of the molecule is CCC1(CC)c2cc(/C=C/c3ccc(-c4ccc(-c5ccccc5)cc4-c4ccc5c6cccc7cccc(c8cccc4c85)c76)cc3)ccc2-c2ccc(N(c3ccccc3)c3ccccc3)cc21. The van der Waals surface area contributed by atoms with Crippen LogP contribution in [-0.4, -0.2) is 0 Å². The maximum Gasteiger partial charge on any atom is 0.0465 e. The Kier molecular flexibility index (Phi) is 10.1. The lowest BCUT2D eigenvalue weighted by Crippen LogP contribution is -2.23. The predicted octanol–water partition coefficient (Wildman–Crippen LogP) is 19.5. The van der Waals surface area contributed by atoms with E-state index in [0.29, 0.717) is 0 Å². The lowest BCUT2D eigenvalue weighted by Gasteiger charge is -2.32. The zero-order valence-corrected chi connectivity index (χ0v) is 39.5. The smallest absolute Gasteiger partial charge is 0.0465 e. The molecule has 0 amide bonds. The van der Waals surface area contributed by atoms with Gasteiger partial charge < -0.3 is 4.90 Å². The molecule has 1 aliphatic rings. The van der Waals surface area contributed by atoms with Gasteiger partial charge in [-0.3, -0.25) is 0 Å².